The molecule has 0 bridgehead atoms. The van der Waals surface area contributed by atoms with Crippen molar-refractivity contribution < 1.29 is 29.6 Å². The maximum absolute atomic E-state index is 11.0. The third kappa shape index (κ3) is 35.3. The Bertz CT molecular complexity index is 602. The van der Waals surface area contributed by atoms with Gasteiger partial charge >= 0.3 is 11.9 Å². The van der Waals surface area contributed by atoms with Crippen molar-refractivity contribution in [1.82, 2.24) is 0 Å². The zero-order chi connectivity index (χ0) is 33.2. The molecule has 0 heterocycles. The Kier molecular flexibility index (Phi) is 35.5. The largest absolute Gasteiger partial charge is 0.479 e. The number of carbonyl (C=O) groups is 2. The zero-order valence-electron chi connectivity index (χ0n) is 29.9. The molecule has 0 aliphatic heterocycles. The predicted octanol–water partition coefficient (Wildman–Crippen LogP) is 11.1. The highest BCUT2D eigenvalue weighted by molar-refractivity contribution is 5.76. The van der Waals surface area contributed by atoms with Crippen LogP contribution in [0.15, 0.2) is 0 Å². The van der Waals surface area contributed by atoms with Crippen molar-refractivity contribution in [1.29, 1.82) is 0 Å². The van der Waals surface area contributed by atoms with Gasteiger partial charge in [-0.3, -0.25) is 0 Å². The maximum Gasteiger partial charge on any atom is 0.335 e. The second-order valence-corrected chi connectivity index (χ2v) is 13.4. The molecular weight excluding hydrogens is 552 g/mol. The van der Waals surface area contributed by atoms with Gasteiger partial charge in [0.1, 0.15) is 6.10 Å². The topological polar surface area (TPSA) is 104 Å². The first-order valence-electron chi connectivity index (χ1n) is 19.0. The number of ether oxygens (including phenoxy) is 1. The lowest BCUT2D eigenvalue weighted by Gasteiger charge is -2.17. The highest BCUT2D eigenvalue weighted by atomic mass is 16.5. The zero-order valence-corrected chi connectivity index (χ0v) is 29.9. The molecule has 6 heteroatoms. The van der Waals surface area contributed by atoms with Gasteiger partial charge in [0.25, 0.3) is 0 Å². The Hall–Kier alpha value is -1.14. The van der Waals surface area contributed by atoms with Crippen LogP contribution in [-0.4, -0.2) is 45.6 Å². The van der Waals surface area contributed by atoms with Crippen molar-refractivity contribution in [2.75, 3.05) is 6.61 Å². The second-order valence-electron chi connectivity index (χ2n) is 13.4. The summed E-state index contributed by atoms with van der Waals surface area (Å²) in [5.74, 6) is -1.61. The van der Waals surface area contributed by atoms with Crippen LogP contribution < -0.4 is 0 Å². The molecule has 0 fully saturated rings. The first-order chi connectivity index (χ1) is 21.2. The Labute approximate surface area is 273 Å². The van der Waals surface area contributed by atoms with E-state index in [2.05, 4.69) is 13.8 Å². The Morgan fingerprint density at radius 1 is 0.545 bits per heavy atom. The molecule has 0 radical (unpaired) electrons. The first kappa shape index (κ1) is 45.0. The van der Waals surface area contributed by atoms with Crippen molar-refractivity contribution in [3.63, 3.8) is 0 Å². The smallest absolute Gasteiger partial charge is 0.335 e. The van der Waals surface area contributed by atoms with E-state index in [4.69, 9.17) is 14.9 Å². The molecule has 0 aromatic heterocycles. The van der Waals surface area contributed by atoms with Crippen LogP contribution in [0, 0.1) is 0 Å². The molecule has 0 aromatic carbocycles. The third-order valence-electron chi connectivity index (χ3n) is 8.56. The van der Waals surface area contributed by atoms with Crippen LogP contribution in [0.25, 0.3) is 0 Å². The average Bonchev–Trinajstić information content (AvgIpc) is 2.99. The van der Waals surface area contributed by atoms with Gasteiger partial charge in [0.05, 0.1) is 6.61 Å². The van der Waals surface area contributed by atoms with Gasteiger partial charge in [-0.15, -0.1) is 0 Å². The number of aliphatic hydroxyl groups is 2. The first-order valence-corrected chi connectivity index (χ1v) is 19.0. The minimum Gasteiger partial charge on any atom is -0.479 e. The van der Waals surface area contributed by atoms with E-state index in [0.29, 0.717) is 13.0 Å². The summed E-state index contributed by atoms with van der Waals surface area (Å²) in [5.41, 5.74) is -1.54. The quantitative estimate of drug-likeness (QED) is 0.0506. The number of rotatable bonds is 32. The van der Waals surface area contributed by atoms with E-state index < -0.39 is 23.6 Å². The molecule has 0 aliphatic rings. The molecule has 0 amide bonds. The molecule has 6 nitrogen and oxygen atoms in total. The van der Waals surface area contributed by atoms with Crippen LogP contribution in [0.2, 0.25) is 0 Å². The van der Waals surface area contributed by atoms with E-state index in [1.165, 1.54) is 162 Å². The molecule has 44 heavy (non-hydrogen) atoms. The SMILES string of the molecule is CCCCCCCCCCCCCCCCC(C)(O)C(=O)O.CCCCCCCCCCCCCCCCOC(=O)C(C)O. The molecule has 0 aliphatic carbocycles. The lowest BCUT2D eigenvalue weighted by atomic mass is 9.97. The van der Waals surface area contributed by atoms with Gasteiger partial charge in [0, 0.05) is 0 Å². The molecule has 0 saturated carbocycles. The average molecular weight is 629 g/mol. The van der Waals surface area contributed by atoms with Gasteiger partial charge in [-0.25, -0.2) is 9.59 Å². The number of unbranched alkanes of at least 4 members (excludes halogenated alkanes) is 26. The number of aliphatic carboxylic acids is 1. The summed E-state index contributed by atoms with van der Waals surface area (Å²) >= 11 is 0. The molecule has 2 unspecified atom stereocenters. The van der Waals surface area contributed by atoms with Gasteiger partial charge < -0.3 is 20.1 Å². The predicted molar refractivity (Wildman–Crippen MR) is 186 cm³/mol. The number of carbonyl (C=O) groups excluding carboxylic acids is 1. The van der Waals surface area contributed by atoms with Crippen LogP contribution in [0.5, 0.6) is 0 Å². The van der Waals surface area contributed by atoms with Gasteiger partial charge in [-0.1, -0.05) is 181 Å². The Balaban J connectivity index is 0. The minimum atomic E-state index is -1.54. The van der Waals surface area contributed by atoms with E-state index in [0.717, 1.165) is 32.1 Å². The van der Waals surface area contributed by atoms with Crippen molar-refractivity contribution >= 4 is 11.9 Å². The fourth-order valence-electron chi connectivity index (χ4n) is 5.36. The van der Waals surface area contributed by atoms with E-state index in [-0.39, 0.29) is 0 Å². The van der Waals surface area contributed by atoms with Gasteiger partial charge in [0.2, 0.25) is 0 Å². The standard InChI is InChI=1S/2C19H38O3/c1-3-4-5-6-7-8-9-10-11-12-13-14-15-16-17-19(2,22)18(20)21;1-3-4-5-6-7-8-9-10-11-12-13-14-15-16-17-22-19(21)18(2)20/h22H,3-17H2,1-2H3,(H,20,21);18,20H,3-17H2,1-2H3. The van der Waals surface area contributed by atoms with Crippen LogP contribution >= 0.6 is 0 Å². The normalized spacial score (nSPS) is 13.1. The number of carboxylic acids is 1. The van der Waals surface area contributed by atoms with Crippen LogP contribution in [0.3, 0.4) is 0 Å². The van der Waals surface area contributed by atoms with E-state index >= 15 is 0 Å². The lowest BCUT2D eigenvalue weighted by molar-refractivity contribution is -0.157. The summed E-state index contributed by atoms with van der Waals surface area (Å²) in [4.78, 5) is 21.7. The molecule has 0 rings (SSSR count). The molecular formula is C38H76O6. The third-order valence-corrected chi connectivity index (χ3v) is 8.56. The fraction of sp³-hybridized carbons (Fsp3) is 0.947. The maximum atomic E-state index is 11.0. The summed E-state index contributed by atoms with van der Waals surface area (Å²) in [6.07, 6.45) is 35.8. The van der Waals surface area contributed by atoms with Gasteiger partial charge in [-0.05, 0) is 33.1 Å². The van der Waals surface area contributed by atoms with Gasteiger partial charge in [-0.2, -0.15) is 0 Å². The van der Waals surface area contributed by atoms with Gasteiger partial charge in [0.15, 0.2) is 5.60 Å². The van der Waals surface area contributed by atoms with E-state index in [1.54, 1.807) is 0 Å². The number of hydrogen-bond acceptors (Lipinski definition) is 5. The highest BCUT2D eigenvalue weighted by Gasteiger charge is 2.28. The number of esters is 1. The number of hydrogen-bond donors (Lipinski definition) is 3. The van der Waals surface area contributed by atoms with Crippen molar-refractivity contribution in [2.24, 2.45) is 0 Å². The minimum absolute atomic E-state index is 0.361. The molecule has 264 valence electrons. The summed E-state index contributed by atoms with van der Waals surface area (Å²) < 4.78 is 4.92. The summed E-state index contributed by atoms with van der Waals surface area (Å²) in [6.45, 7) is 7.80. The second kappa shape index (κ2) is 34.7. The van der Waals surface area contributed by atoms with Crippen molar-refractivity contribution in [3.05, 3.63) is 0 Å². The lowest BCUT2D eigenvalue weighted by Crippen LogP contribution is -2.34. The Morgan fingerprint density at radius 3 is 1.09 bits per heavy atom. The van der Waals surface area contributed by atoms with E-state index in [9.17, 15) is 14.7 Å². The highest BCUT2D eigenvalue weighted by Crippen LogP contribution is 2.17. The number of aliphatic hydroxyl groups excluding tert-OH is 1. The Morgan fingerprint density at radius 2 is 0.818 bits per heavy atom. The molecule has 0 aromatic rings. The molecule has 0 saturated heterocycles. The molecule has 3 N–H and O–H groups in total. The summed E-state index contributed by atoms with van der Waals surface area (Å²) in [7, 11) is 0. The molecule has 2 atom stereocenters. The van der Waals surface area contributed by atoms with Crippen LogP contribution in [0.4, 0.5) is 0 Å². The van der Waals surface area contributed by atoms with E-state index in [1.807, 2.05) is 0 Å². The van der Waals surface area contributed by atoms with Crippen LogP contribution in [0.1, 0.15) is 214 Å². The summed E-state index contributed by atoms with van der Waals surface area (Å²) in [5, 5.41) is 27.3. The summed E-state index contributed by atoms with van der Waals surface area (Å²) in [6, 6.07) is 0. The fourth-order valence-corrected chi connectivity index (χ4v) is 5.36. The van der Waals surface area contributed by atoms with Crippen molar-refractivity contribution in [2.45, 2.75) is 226 Å². The monoisotopic (exact) mass is 629 g/mol. The number of carboxylic acid groups (broad SMARTS) is 1. The van der Waals surface area contributed by atoms with Crippen LogP contribution in [-0.2, 0) is 14.3 Å². The van der Waals surface area contributed by atoms with Crippen molar-refractivity contribution in [3.8, 4) is 0 Å². The molecule has 0 spiro atoms.